The molecule has 0 fully saturated rings. The van der Waals surface area contributed by atoms with E-state index in [9.17, 15) is 4.39 Å². The van der Waals surface area contributed by atoms with Gasteiger partial charge in [0, 0.05) is 17.6 Å². The number of rotatable bonds is 9. The van der Waals surface area contributed by atoms with E-state index >= 15 is 0 Å². The van der Waals surface area contributed by atoms with Crippen molar-refractivity contribution in [2.24, 2.45) is 0 Å². The highest BCUT2D eigenvalue weighted by Gasteiger charge is 2.11. The topological polar surface area (TPSA) is 30.5 Å². The fraction of sp³-hybridized carbons (Fsp3) is 0.250. The number of nitrogens with one attached hydrogen (secondary N) is 1. The molecule has 0 aliphatic carbocycles. The molecule has 3 aromatic rings. The van der Waals surface area contributed by atoms with Crippen molar-refractivity contribution in [2.75, 3.05) is 13.7 Å². The number of ether oxygens (including phenoxy) is 2. The monoisotopic (exact) mass is 413 g/mol. The van der Waals surface area contributed by atoms with Gasteiger partial charge < -0.3 is 14.8 Å². The molecule has 0 amide bonds. The highest BCUT2D eigenvalue weighted by atomic mass is 35.5. The summed E-state index contributed by atoms with van der Waals surface area (Å²) in [7, 11) is 1.61. The summed E-state index contributed by atoms with van der Waals surface area (Å²) in [5, 5.41) is 3.90. The van der Waals surface area contributed by atoms with Gasteiger partial charge in [-0.15, -0.1) is 0 Å². The second-order valence-corrected chi connectivity index (χ2v) is 7.29. The maximum absolute atomic E-state index is 13.7. The summed E-state index contributed by atoms with van der Waals surface area (Å²) < 4.78 is 25.1. The van der Waals surface area contributed by atoms with Crippen molar-refractivity contribution in [3.8, 4) is 11.5 Å². The number of hydrogen-bond acceptors (Lipinski definition) is 3. The van der Waals surface area contributed by atoms with Crippen molar-refractivity contribution in [3.63, 3.8) is 0 Å². The summed E-state index contributed by atoms with van der Waals surface area (Å²) in [5.41, 5.74) is 3.89. The highest BCUT2D eigenvalue weighted by Crippen LogP contribution is 2.34. The van der Waals surface area contributed by atoms with Gasteiger partial charge in [0.15, 0.2) is 11.5 Å². The number of halogens is 2. The van der Waals surface area contributed by atoms with Crippen molar-refractivity contribution < 1.29 is 13.9 Å². The summed E-state index contributed by atoms with van der Waals surface area (Å²) >= 11 is 6.45. The van der Waals surface area contributed by atoms with Crippen molar-refractivity contribution in [1.82, 2.24) is 5.32 Å². The van der Waals surface area contributed by atoms with E-state index in [1.54, 1.807) is 25.3 Å². The third kappa shape index (κ3) is 5.96. The highest BCUT2D eigenvalue weighted by molar-refractivity contribution is 6.31. The molecule has 152 valence electrons. The van der Waals surface area contributed by atoms with Crippen LogP contribution in [0.5, 0.6) is 11.5 Å². The van der Waals surface area contributed by atoms with E-state index in [0.29, 0.717) is 48.2 Å². The lowest BCUT2D eigenvalue weighted by Crippen LogP contribution is -2.17. The molecule has 3 nitrogen and oxygen atoms in total. The normalized spacial score (nSPS) is 10.8. The van der Waals surface area contributed by atoms with Crippen LogP contribution < -0.4 is 14.8 Å². The van der Waals surface area contributed by atoms with Gasteiger partial charge in [-0.25, -0.2) is 4.39 Å². The summed E-state index contributed by atoms with van der Waals surface area (Å²) in [5.74, 6) is 1.06. The first-order chi connectivity index (χ1) is 14.1. The van der Waals surface area contributed by atoms with Crippen LogP contribution in [0.15, 0.2) is 60.7 Å². The minimum Gasteiger partial charge on any atom is -0.493 e. The lowest BCUT2D eigenvalue weighted by atomic mass is 10.1. The van der Waals surface area contributed by atoms with Crippen LogP contribution in [0, 0.1) is 12.7 Å². The zero-order valence-corrected chi connectivity index (χ0v) is 17.4. The lowest BCUT2D eigenvalue weighted by molar-refractivity contribution is 0.284. The number of aryl methyl sites for hydroxylation is 1. The summed E-state index contributed by atoms with van der Waals surface area (Å²) in [6.07, 6.45) is 0.610. The Kier molecular flexibility index (Phi) is 7.50. The molecule has 0 unspecified atom stereocenters. The SMILES string of the molecule is COc1cc(CNCCc2ccccc2F)c(Cl)cc1OCc1ccc(C)cc1. The first-order valence-electron chi connectivity index (χ1n) is 9.55. The van der Waals surface area contributed by atoms with E-state index in [4.69, 9.17) is 21.1 Å². The fourth-order valence-electron chi connectivity index (χ4n) is 2.98. The van der Waals surface area contributed by atoms with Crippen LogP contribution in [-0.2, 0) is 19.6 Å². The average Bonchev–Trinajstić information content (AvgIpc) is 2.73. The van der Waals surface area contributed by atoms with Gasteiger partial charge in [0.25, 0.3) is 0 Å². The summed E-state index contributed by atoms with van der Waals surface area (Å²) in [4.78, 5) is 0. The minimum absolute atomic E-state index is 0.177. The predicted molar refractivity (Wildman–Crippen MR) is 115 cm³/mol. The third-order valence-electron chi connectivity index (χ3n) is 4.69. The van der Waals surface area contributed by atoms with E-state index in [1.807, 2.05) is 24.3 Å². The van der Waals surface area contributed by atoms with Crippen LogP contribution in [0.3, 0.4) is 0 Å². The van der Waals surface area contributed by atoms with Crippen molar-refractivity contribution in [1.29, 1.82) is 0 Å². The molecule has 3 rings (SSSR count). The number of benzene rings is 3. The molecule has 29 heavy (non-hydrogen) atoms. The van der Waals surface area contributed by atoms with E-state index in [1.165, 1.54) is 11.6 Å². The molecule has 5 heteroatoms. The van der Waals surface area contributed by atoms with Gasteiger partial charge in [0.1, 0.15) is 12.4 Å². The van der Waals surface area contributed by atoms with Crippen LogP contribution in [0.25, 0.3) is 0 Å². The Hall–Kier alpha value is -2.56. The maximum Gasteiger partial charge on any atom is 0.163 e. The molecule has 0 aliphatic heterocycles. The molecular formula is C24H25ClFNO2. The Balaban J connectivity index is 1.58. The predicted octanol–water partition coefficient (Wildman–Crippen LogP) is 5.71. The van der Waals surface area contributed by atoms with E-state index < -0.39 is 0 Å². The van der Waals surface area contributed by atoms with Gasteiger partial charge in [-0.2, -0.15) is 0 Å². The summed E-state index contributed by atoms with van der Waals surface area (Å²) in [6, 6.07) is 18.7. The van der Waals surface area contributed by atoms with Crippen LogP contribution in [0.4, 0.5) is 4.39 Å². The quantitative estimate of drug-likeness (QED) is 0.456. The Morgan fingerprint density at radius 3 is 2.45 bits per heavy atom. The average molecular weight is 414 g/mol. The second kappa shape index (κ2) is 10.3. The van der Waals surface area contributed by atoms with Crippen molar-refractivity contribution >= 4 is 11.6 Å². The van der Waals surface area contributed by atoms with Crippen molar-refractivity contribution in [2.45, 2.75) is 26.5 Å². The molecule has 0 saturated carbocycles. The molecule has 0 atom stereocenters. The molecule has 0 bridgehead atoms. The van der Waals surface area contributed by atoms with Gasteiger partial charge in [-0.05, 0) is 48.7 Å². The molecule has 0 radical (unpaired) electrons. The van der Waals surface area contributed by atoms with Gasteiger partial charge in [0.2, 0.25) is 0 Å². The molecule has 3 aromatic carbocycles. The largest absolute Gasteiger partial charge is 0.493 e. The van der Waals surface area contributed by atoms with Gasteiger partial charge in [-0.3, -0.25) is 0 Å². The minimum atomic E-state index is -0.177. The Morgan fingerprint density at radius 1 is 0.966 bits per heavy atom. The molecule has 0 saturated heterocycles. The maximum atomic E-state index is 13.7. The molecule has 1 N–H and O–H groups in total. The second-order valence-electron chi connectivity index (χ2n) is 6.89. The Bertz CT molecular complexity index is 944. The van der Waals surface area contributed by atoms with E-state index in [2.05, 4.69) is 24.4 Å². The third-order valence-corrected chi connectivity index (χ3v) is 5.04. The van der Waals surface area contributed by atoms with Gasteiger partial charge in [0.05, 0.1) is 7.11 Å². The Morgan fingerprint density at radius 2 is 1.72 bits per heavy atom. The van der Waals surface area contributed by atoms with Crippen LogP contribution in [0.2, 0.25) is 5.02 Å². The van der Waals surface area contributed by atoms with Crippen molar-refractivity contribution in [3.05, 3.63) is 93.8 Å². The van der Waals surface area contributed by atoms with Crippen LogP contribution >= 0.6 is 11.6 Å². The zero-order valence-electron chi connectivity index (χ0n) is 16.7. The molecule has 0 spiro atoms. The first-order valence-corrected chi connectivity index (χ1v) is 9.93. The van der Waals surface area contributed by atoms with Gasteiger partial charge in [-0.1, -0.05) is 59.6 Å². The number of methoxy groups -OCH3 is 1. The van der Waals surface area contributed by atoms with E-state index in [0.717, 1.165) is 11.1 Å². The molecule has 0 heterocycles. The lowest BCUT2D eigenvalue weighted by Gasteiger charge is -2.14. The fourth-order valence-corrected chi connectivity index (χ4v) is 3.20. The molecule has 0 aromatic heterocycles. The Labute approximate surface area is 176 Å². The first kappa shape index (κ1) is 21.2. The van der Waals surface area contributed by atoms with Gasteiger partial charge >= 0.3 is 0 Å². The molecule has 0 aliphatic rings. The smallest absolute Gasteiger partial charge is 0.163 e. The standard InChI is InChI=1S/C24H25ClFNO2/c1-17-7-9-18(10-8-17)16-29-24-14-21(25)20(13-23(24)28-2)15-27-12-11-19-5-3-4-6-22(19)26/h3-10,13-14,27H,11-12,15-16H2,1-2H3. The summed E-state index contributed by atoms with van der Waals surface area (Å²) in [6.45, 7) is 3.69. The number of hydrogen-bond donors (Lipinski definition) is 1. The van der Waals surface area contributed by atoms with Crippen LogP contribution in [0.1, 0.15) is 22.3 Å². The molecular weight excluding hydrogens is 389 g/mol. The zero-order chi connectivity index (χ0) is 20.6. The van der Waals surface area contributed by atoms with Crippen LogP contribution in [-0.4, -0.2) is 13.7 Å². The van der Waals surface area contributed by atoms with E-state index in [-0.39, 0.29) is 5.82 Å².